The third-order valence-electron chi connectivity index (χ3n) is 4.66. The average molecular weight is 289 g/mol. The highest BCUT2D eigenvalue weighted by Crippen LogP contribution is 2.42. The number of fused-ring (bicyclic) bond motifs is 2. The molecule has 2 aliphatic rings. The Kier molecular flexibility index (Phi) is 3.11. The molecule has 0 amide bonds. The fourth-order valence-corrected chi connectivity index (χ4v) is 3.47. The van der Waals surface area contributed by atoms with Crippen molar-refractivity contribution >= 4 is 11.1 Å². The lowest BCUT2D eigenvalue weighted by atomic mass is 9.90. The molecule has 0 atom stereocenters. The first-order valence-corrected chi connectivity index (χ1v) is 7.83. The third-order valence-corrected chi connectivity index (χ3v) is 4.66. The molecule has 1 aromatic carbocycles. The number of benzene rings is 1. The van der Waals surface area contributed by atoms with Crippen molar-refractivity contribution in [3.8, 4) is 5.75 Å². The molecule has 0 N–H and O–H groups in total. The van der Waals surface area contributed by atoms with Crippen LogP contribution in [0.5, 0.6) is 5.75 Å². The van der Waals surface area contributed by atoms with Crippen LogP contribution in [0.25, 0.3) is 11.1 Å². The number of hydrogen-bond donors (Lipinski definition) is 0. The zero-order chi connectivity index (χ0) is 15.1. The van der Waals surface area contributed by atoms with E-state index in [-0.39, 0.29) is 0 Å². The first-order chi connectivity index (χ1) is 10.8. The van der Waals surface area contributed by atoms with Crippen LogP contribution >= 0.6 is 0 Å². The number of allylic oxidation sites excluding steroid dienone is 2. The fraction of sp³-hybridized carbons (Fsp3) is 0.250. The van der Waals surface area contributed by atoms with Crippen molar-refractivity contribution < 1.29 is 4.74 Å². The lowest BCUT2D eigenvalue weighted by Crippen LogP contribution is -2.02. The van der Waals surface area contributed by atoms with E-state index in [1.807, 2.05) is 18.5 Å². The van der Waals surface area contributed by atoms with E-state index in [0.717, 1.165) is 30.8 Å². The van der Waals surface area contributed by atoms with Crippen molar-refractivity contribution in [2.24, 2.45) is 0 Å². The van der Waals surface area contributed by atoms with Gasteiger partial charge >= 0.3 is 0 Å². The van der Waals surface area contributed by atoms with E-state index >= 15 is 0 Å². The number of aromatic nitrogens is 1. The maximum atomic E-state index is 6.10. The molecule has 1 aliphatic heterocycles. The summed E-state index contributed by atoms with van der Waals surface area (Å²) < 4.78 is 6.10. The summed E-state index contributed by atoms with van der Waals surface area (Å²) in [7, 11) is 0. The smallest absolute Gasteiger partial charge is 0.130 e. The van der Waals surface area contributed by atoms with Crippen molar-refractivity contribution in [2.45, 2.75) is 26.7 Å². The average Bonchev–Trinajstić information content (AvgIpc) is 2.79. The van der Waals surface area contributed by atoms with Crippen molar-refractivity contribution in [2.75, 3.05) is 6.61 Å². The maximum absolute atomic E-state index is 6.10. The largest absolute Gasteiger partial charge is 0.492 e. The van der Waals surface area contributed by atoms with Crippen LogP contribution in [-0.2, 0) is 6.42 Å². The molecule has 0 saturated carbocycles. The lowest BCUT2D eigenvalue weighted by molar-refractivity contribution is 0.324. The van der Waals surface area contributed by atoms with Gasteiger partial charge in [0.05, 0.1) is 6.61 Å². The Morgan fingerprint density at radius 2 is 2.05 bits per heavy atom. The van der Waals surface area contributed by atoms with Gasteiger partial charge in [-0.15, -0.1) is 0 Å². The van der Waals surface area contributed by atoms with Crippen LogP contribution in [0.2, 0.25) is 0 Å². The molecule has 0 fully saturated rings. The second-order valence-electron chi connectivity index (χ2n) is 5.99. The van der Waals surface area contributed by atoms with Crippen LogP contribution in [0.4, 0.5) is 0 Å². The zero-order valence-electron chi connectivity index (χ0n) is 13.0. The molecule has 2 heteroatoms. The molecular formula is C20H19NO. The highest BCUT2D eigenvalue weighted by Gasteiger charge is 2.23. The molecule has 2 nitrogen and oxygen atoms in total. The molecule has 1 aromatic heterocycles. The quantitative estimate of drug-likeness (QED) is 0.767. The predicted molar refractivity (Wildman–Crippen MR) is 90.0 cm³/mol. The summed E-state index contributed by atoms with van der Waals surface area (Å²) in [5.41, 5.74) is 9.06. The summed E-state index contributed by atoms with van der Waals surface area (Å²) in [6.07, 6.45) is 10.3. The van der Waals surface area contributed by atoms with Crippen molar-refractivity contribution in [3.05, 3.63) is 70.6 Å². The van der Waals surface area contributed by atoms with Crippen LogP contribution in [0.15, 0.2) is 42.7 Å². The van der Waals surface area contributed by atoms with E-state index in [0.29, 0.717) is 0 Å². The Morgan fingerprint density at radius 3 is 2.86 bits per heavy atom. The second-order valence-corrected chi connectivity index (χ2v) is 5.99. The molecule has 0 radical (unpaired) electrons. The van der Waals surface area contributed by atoms with E-state index in [1.165, 1.54) is 33.4 Å². The van der Waals surface area contributed by atoms with Gasteiger partial charge in [0.15, 0.2) is 0 Å². The SMILES string of the molecule is CC1=CCc2c1cc1c(c2C)OCCC=C1c1cccnc1. The van der Waals surface area contributed by atoms with Crippen molar-refractivity contribution in [1.29, 1.82) is 0 Å². The van der Waals surface area contributed by atoms with Gasteiger partial charge in [-0.05, 0) is 60.2 Å². The number of rotatable bonds is 1. The Labute approximate surface area is 131 Å². The molecule has 2 heterocycles. The molecule has 0 bridgehead atoms. The Bertz CT molecular complexity index is 800. The normalized spacial score (nSPS) is 16.1. The van der Waals surface area contributed by atoms with Gasteiger partial charge in [-0.2, -0.15) is 0 Å². The van der Waals surface area contributed by atoms with Crippen LogP contribution in [0, 0.1) is 6.92 Å². The highest BCUT2D eigenvalue weighted by atomic mass is 16.5. The molecular weight excluding hydrogens is 270 g/mol. The highest BCUT2D eigenvalue weighted by molar-refractivity contribution is 5.87. The van der Waals surface area contributed by atoms with Gasteiger partial charge in [-0.25, -0.2) is 0 Å². The van der Waals surface area contributed by atoms with E-state index in [2.05, 4.69) is 43.1 Å². The van der Waals surface area contributed by atoms with Crippen molar-refractivity contribution in [1.82, 2.24) is 4.98 Å². The number of pyridine rings is 1. The summed E-state index contributed by atoms with van der Waals surface area (Å²) in [4.78, 5) is 4.28. The maximum Gasteiger partial charge on any atom is 0.130 e. The molecule has 110 valence electrons. The molecule has 0 unspecified atom stereocenters. The Hall–Kier alpha value is -2.35. The van der Waals surface area contributed by atoms with E-state index in [9.17, 15) is 0 Å². The summed E-state index contributed by atoms with van der Waals surface area (Å²) in [5.74, 6) is 1.05. The fourth-order valence-electron chi connectivity index (χ4n) is 3.47. The predicted octanol–water partition coefficient (Wildman–Crippen LogP) is 4.56. The third kappa shape index (κ3) is 1.98. The van der Waals surface area contributed by atoms with Gasteiger partial charge in [-0.1, -0.05) is 18.2 Å². The lowest BCUT2D eigenvalue weighted by Gasteiger charge is -2.18. The van der Waals surface area contributed by atoms with Gasteiger partial charge in [0.25, 0.3) is 0 Å². The summed E-state index contributed by atoms with van der Waals surface area (Å²) >= 11 is 0. The first-order valence-electron chi connectivity index (χ1n) is 7.83. The van der Waals surface area contributed by atoms with Crippen LogP contribution in [0.1, 0.15) is 41.2 Å². The van der Waals surface area contributed by atoms with Crippen LogP contribution in [-0.4, -0.2) is 11.6 Å². The minimum Gasteiger partial charge on any atom is -0.492 e. The van der Waals surface area contributed by atoms with E-state index < -0.39 is 0 Å². The van der Waals surface area contributed by atoms with Crippen LogP contribution in [0.3, 0.4) is 0 Å². The number of hydrogen-bond acceptors (Lipinski definition) is 2. The minimum atomic E-state index is 0.739. The summed E-state index contributed by atoms with van der Waals surface area (Å²) in [6.45, 7) is 5.13. The molecule has 2 aromatic rings. The standard InChI is InChI=1S/C20H19NO/c1-13-7-8-16-14(2)20-19(11-18(13)16)17(6-4-10-22-20)15-5-3-9-21-12-15/h3,5-7,9,11-12H,4,8,10H2,1-2H3. The molecule has 0 saturated heterocycles. The summed E-state index contributed by atoms with van der Waals surface area (Å²) in [6, 6.07) is 6.42. The van der Waals surface area contributed by atoms with Gasteiger partial charge < -0.3 is 4.74 Å². The summed E-state index contributed by atoms with van der Waals surface area (Å²) in [5, 5.41) is 0. The molecule has 1 aliphatic carbocycles. The van der Waals surface area contributed by atoms with E-state index in [1.54, 1.807) is 0 Å². The second kappa shape index (κ2) is 5.13. The minimum absolute atomic E-state index is 0.739. The zero-order valence-corrected chi connectivity index (χ0v) is 13.0. The molecule has 22 heavy (non-hydrogen) atoms. The molecule has 4 rings (SSSR count). The van der Waals surface area contributed by atoms with E-state index in [4.69, 9.17) is 4.74 Å². The monoisotopic (exact) mass is 289 g/mol. The topological polar surface area (TPSA) is 22.1 Å². The first kappa shape index (κ1) is 13.3. The van der Waals surface area contributed by atoms with Crippen molar-refractivity contribution in [3.63, 3.8) is 0 Å². The van der Waals surface area contributed by atoms with Crippen LogP contribution < -0.4 is 4.74 Å². The Morgan fingerprint density at radius 1 is 1.14 bits per heavy atom. The van der Waals surface area contributed by atoms with Gasteiger partial charge in [0, 0.05) is 29.9 Å². The number of ether oxygens (including phenoxy) is 1. The Balaban J connectivity index is 1.96. The number of nitrogens with zero attached hydrogens (tertiary/aromatic N) is 1. The molecule has 0 spiro atoms. The van der Waals surface area contributed by atoms with Gasteiger partial charge in [-0.3, -0.25) is 4.98 Å². The van der Waals surface area contributed by atoms with Gasteiger partial charge in [0.1, 0.15) is 5.75 Å². The van der Waals surface area contributed by atoms with Gasteiger partial charge in [0.2, 0.25) is 0 Å².